The van der Waals surface area contributed by atoms with E-state index in [1.807, 2.05) is 24.4 Å². The van der Waals surface area contributed by atoms with Gasteiger partial charge in [0.1, 0.15) is 0 Å². The molecule has 1 heterocycles. The highest BCUT2D eigenvalue weighted by atomic mass is 35.5. The van der Waals surface area contributed by atoms with E-state index in [0.29, 0.717) is 0 Å². The van der Waals surface area contributed by atoms with Crippen LogP contribution < -0.4 is 5.32 Å². The first-order valence-corrected chi connectivity index (χ1v) is 8.12. The molecule has 0 amide bonds. The van der Waals surface area contributed by atoms with Crippen LogP contribution in [0.4, 0.5) is 0 Å². The Morgan fingerprint density at radius 1 is 1.19 bits per heavy atom. The zero-order valence-corrected chi connectivity index (χ0v) is 13.6. The molecule has 0 radical (unpaired) electrons. The third kappa shape index (κ3) is 4.32. The van der Waals surface area contributed by atoms with E-state index in [2.05, 4.69) is 41.1 Å². The molecule has 1 unspecified atom stereocenters. The molecule has 0 aliphatic heterocycles. The van der Waals surface area contributed by atoms with Crippen LogP contribution in [0.2, 0.25) is 5.02 Å². The van der Waals surface area contributed by atoms with E-state index in [9.17, 15) is 0 Å². The normalized spacial score (nSPS) is 12.5. The maximum absolute atomic E-state index is 6.31. The highest BCUT2D eigenvalue weighted by Gasteiger charge is 2.17. The molecule has 0 aliphatic carbocycles. The van der Waals surface area contributed by atoms with Crippen LogP contribution in [-0.4, -0.2) is 16.3 Å². The summed E-state index contributed by atoms with van der Waals surface area (Å²) in [5, 5.41) is 8.91. The first-order valence-electron chi connectivity index (χ1n) is 7.74. The van der Waals surface area contributed by atoms with Crippen molar-refractivity contribution >= 4 is 11.6 Å². The number of hydrogen-bond donors (Lipinski definition) is 1. The van der Waals surface area contributed by atoms with Crippen molar-refractivity contribution in [1.82, 2.24) is 15.1 Å². The van der Waals surface area contributed by atoms with Crippen LogP contribution in [0.15, 0.2) is 36.5 Å². The molecule has 0 bridgehead atoms. The molecule has 0 fully saturated rings. The van der Waals surface area contributed by atoms with Gasteiger partial charge >= 0.3 is 0 Å². The Hall–Kier alpha value is -1.32. The van der Waals surface area contributed by atoms with Gasteiger partial charge in [0, 0.05) is 17.8 Å². The largest absolute Gasteiger partial charge is 0.308 e. The predicted molar refractivity (Wildman–Crippen MR) is 88.7 cm³/mol. The summed E-state index contributed by atoms with van der Waals surface area (Å²) in [5.41, 5.74) is 2.42. The number of benzene rings is 1. The van der Waals surface area contributed by atoms with Gasteiger partial charge in [0.25, 0.3) is 0 Å². The quantitative estimate of drug-likeness (QED) is 0.791. The lowest BCUT2D eigenvalue weighted by Gasteiger charge is -2.20. The van der Waals surface area contributed by atoms with Gasteiger partial charge in [0.15, 0.2) is 0 Å². The number of nitrogens with one attached hydrogen (secondary N) is 1. The molecule has 1 aromatic carbocycles. The number of hydrogen-bond acceptors (Lipinski definition) is 2. The van der Waals surface area contributed by atoms with E-state index in [1.54, 1.807) is 0 Å². The summed E-state index contributed by atoms with van der Waals surface area (Å²) >= 11 is 6.31. The Labute approximate surface area is 132 Å². The predicted octanol–water partition coefficient (Wildman–Crippen LogP) is 4.23. The van der Waals surface area contributed by atoms with Gasteiger partial charge in [-0.3, -0.25) is 4.68 Å². The average Bonchev–Trinajstić information content (AvgIpc) is 2.94. The lowest BCUT2D eigenvalue weighted by atomic mass is 10.0. The van der Waals surface area contributed by atoms with Gasteiger partial charge in [0.05, 0.1) is 11.7 Å². The van der Waals surface area contributed by atoms with Gasteiger partial charge in [-0.25, -0.2) is 0 Å². The Kier molecular flexibility index (Phi) is 6.27. The Morgan fingerprint density at radius 3 is 2.71 bits per heavy atom. The molecule has 2 rings (SSSR count). The summed E-state index contributed by atoms with van der Waals surface area (Å²) in [6.07, 6.45) is 4.97. The van der Waals surface area contributed by atoms with Crippen molar-refractivity contribution in [2.45, 2.75) is 45.7 Å². The van der Waals surface area contributed by atoms with Crippen molar-refractivity contribution in [2.24, 2.45) is 0 Å². The van der Waals surface area contributed by atoms with Crippen LogP contribution in [0.25, 0.3) is 0 Å². The molecular formula is C17H24ClN3. The summed E-state index contributed by atoms with van der Waals surface area (Å²) in [6, 6.07) is 10.4. The Balaban J connectivity index is 2.21. The Morgan fingerprint density at radius 2 is 2.00 bits per heavy atom. The van der Waals surface area contributed by atoms with Crippen molar-refractivity contribution in [3.8, 4) is 0 Å². The van der Waals surface area contributed by atoms with Crippen molar-refractivity contribution in [1.29, 1.82) is 0 Å². The van der Waals surface area contributed by atoms with E-state index in [0.717, 1.165) is 37.4 Å². The number of halogens is 1. The van der Waals surface area contributed by atoms with E-state index in [4.69, 9.17) is 11.6 Å². The van der Waals surface area contributed by atoms with Crippen molar-refractivity contribution in [3.63, 3.8) is 0 Å². The number of nitrogens with zero attached hydrogens (tertiary/aromatic N) is 2. The zero-order chi connectivity index (χ0) is 15.1. The van der Waals surface area contributed by atoms with Crippen LogP contribution in [0.1, 0.15) is 44.0 Å². The summed E-state index contributed by atoms with van der Waals surface area (Å²) in [6.45, 7) is 6.30. The molecule has 4 heteroatoms. The maximum Gasteiger partial charge on any atom is 0.0556 e. The van der Waals surface area contributed by atoms with Crippen LogP contribution in [0.5, 0.6) is 0 Å². The van der Waals surface area contributed by atoms with E-state index in [1.165, 1.54) is 11.3 Å². The van der Waals surface area contributed by atoms with Gasteiger partial charge in [-0.05, 0) is 43.5 Å². The molecule has 0 saturated heterocycles. The fourth-order valence-electron chi connectivity index (χ4n) is 2.52. The van der Waals surface area contributed by atoms with Crippen LogP contribution in [0, 0.1) is 0 Å². The fourth-order valence-corrected chi connectivity index (χ4v) is 2.73. The number of aromatic nitrogens is 2. The number of aryl methyl sites for hydroxylation is 1. The third-order valence-corrected chi connectivity index (χ3v) is 3.93. The molecule has 0 aliphatic rings. The Bertz CT molecular complexity index is 550. The summed E-state index contributed by atoms with van der Waals surface area (Å²) < 4.78 is 2.10. The van der Waals surface area contributed by atoms with Crippen molar-refractivity contribution in [2.75, 3.05) is 6.54 Å². The van der Waals surface area contributed by atoms with E-state index in [-0.39, 0.29) is 6.04 Å². The molecule has 3 nitrogen and oxygen atoms in total. The zero-order valence-electron chi connectivity index (χ0n) is 12.8. The van der Waals surface area contributed by atoms with Gasteiger partial charge in [-0.15, -0.1) is 0 Å². The smallest absolute Gasteiger partial charge is 0.0556 e. The standard InChI is InChI=1S/C17H24ClN3/c1-3-10-19-16(13-14-7-5-6-8-15(14)18)17-9-11-20-21(17)12-4-2/h5-9,11,16,19H,3-4,10,12-13H2,1-2H3. The fraction of sp³-hybridized carbons (Fsp3) is 0.471. The van der Waals surface area contributed by atoms with E-state index < -0.39 is 0 Å². The molecule has 21 heavy (non-hydrogen) atoms. The first-order chi connectivity index (χ1) is 10.3. The molecule has 0 saturated carbocycles. The minimum absolute atomic E-state index is 0.249. The third-order valence-electron chi connectivity index (χ3n) is 3.56. The monoisotopic (exact) mass is 305 g/mol. The highest BCUT2D eigenvalue weighted by Crippen LogP contribution is 2.23. The summed E-state index contributed by atoms with van der Waals surface area (Å²) in [5.74, 6) is 0. The van der Waals surface area contributed by atoms with Gasteiger partial charge in [-0.1, -0.05) is 43.6 Å². The van der Waals surface area contributed by atoms with E-state index >= 15 is 0 Å². The average molecular weight is 306 g/mol. The molecule has 1 aromatic heterocycles. The van der Waals surface area contributed by atoms with Crippen LogP contribution in [-0.2, 0) is 13.0 Å². The van der Waals surface area contributed by atoms with Gasteiger partial charge in [0.2, 0.25) is 0 Å². The second-order valence-electron chi connectivity index (χ2n) is 5.28. The van der Waals surface area contributed by atoms with Gasteiger partial charge < -0.3 is 5.32 Å². The summed E-state index contributed by atoms with van der Waals surface area (Å²) in [7, 11) is 0. The molecule has 2 aromatic rings. The highest BCUT2D eigenvalue weighted by molar-refractivity contribution is 6.31. The summed E-state index contributed by atoms with van der Waals surface area (Å²) in [4.78, 5) is 0. The second-order valence-corrected chi connectivity index (χ2v) is 5.69. The molecule has 0 spiro atoms. The van der Waals surface area contributed by atoms with Crippen molar-refractivity contribution < 1.29 is 0 Å². The minimum atomic E-state index is 0.249. The lowest BCUT2D eigenvalue weighted by molar-refractivity contribution is 0.468. The maximum atomic E-state index is 6.31. The molecule has 1 atom stereocenters. The number of rotatable bonds is 8. The van der Waals surface area contributed by atoms with Crippen molar-refractivity contribution in [3.05, 3.63) is 52.8 Å². The second kappa shape index (κ2) is 8.20. The van der Waals surface area contributed by atoms with Gasteiger partial charge in [-0.2, -0.15) is 5.10 Å². The first kappa shape index (κ1) is 16.1. The topological polar surface area (TPSA) is 29.9 Å². The van der Waals surface area contributed by atoms with Crippen LogP contribution in [0.3, 0.4) is 0 Å². The SMILES string of the molecule is CCCNC(Cc1ccccc1Cl)c1ccnn1CCC. The van der Waals surface area contributed by atoms with Crippen LogP contribution >= 0.6 is 11.6 Å². The molecule has 114 valence electrons. The lowest BCUT2D eigenvalue weighted by Crippen LogP contribution is -2.26. The minimum Gasteiger partial charge on any atom is -0.308 e. The molecular weight excluding hydrogens is 282 g/mol. The molecule has 1 N–H and O–H groups in total.